The van der Waals surface area contributed by atoms with Crippen LogP contribution in [-0.4, -0.2) is 25.0 Å². The summed E-state index contributed by atoms with van der Waals surface area (Å²) in [7, 11) is 0. The molecule has 5 heteroatoms. The van der Waals surface area contributed by atoms with E-state index in [2.05, 4.69) is 5.32 Å². The maximum atomic E-state index is 11.9. The topological polar surface area (TPSA) is 55.4 Å². The van der Waals surface area contributed by atoms with Crippen molar-refractivity contribution in [3.8, 4) is 0 Å². The van der Waals surface area contributed by atoms with E-state index in [9.17, 15) is 9.59 Å². The van der Waals surface area contributed by atoms with E-state index >= 15 is 0 Å². The smallest absolute Gasteiger partial charge is 0.348 e. The molecule has 4 nitrogen and oxygen atoms in total. The molecule has 1 heterocycles. The van der Waals surface area contributed by atoms with Gasteiger partial charge in [0.25, 0.3) is 5.91 Å². The summed E-state index contributed by atoms with van der Waals surface area (Å²) >= 11 is 1.37. The highest BCUT2D eigenvalue weighted by atomic mass is 32.1. The molecule has 0 bridgehead atoms. The Morgan fingerprint density at radius 2 is 2.05 bits per heavy atom. The van der Waals surface area contributed by atoms with Crippen LogP contribution in [-0.2, 0) is 9.53 Å². The number of hydrogen-bond donors (Lipinski definition) is 1. The van der Waals surface area contributed by atoms with E-state index in [-0.39, 0.29) is 12.5 Å². The van der Waals surface area contributed by atoms with Gasteiger partial charge in [-0.25, -0.2) is 4.79 Å². The van der Waals surface area contributed by atoms with E-state index in [1.165, 1.54) is 11.3 Å². The third-order valence-electron chi connectivity index (χ3n) is 2.67. The van der Waals surface area contributed by atoms with Gasteiger partial charge in [-0.15, -0.1) is 11.3 Å². The Balaban J connectivity index is 1.90. The molecule has 2 aromatic rings. The fourth-order valence-electron chi connectivity index (χ4n) is 1.65. The lowest BCUT2D eigenvalue weighted by atomic mass is 10.2. The van der Waals surface area contributed by atoms with E-state index in [0.29, 0.717) is 17.3 Å². The maximum Gasteiger partial charge on any atom is 0.348 e. The van der Waals surface area contributed by atoms with E-state index < -0.39 is 5.97 Å². The predicted molar refractivity (Wildman–Crippen MR) is 80.0 cm³/mol. The second kappa shape index (κ2) is 6.52. The van der Waals surface area contributed by atoms with Crippen LogP contribution < -0.4 is 5.32 Å². The van der Waals surface area contributed by atoms with Crippen molar-refractivity contribution in [3.63, 3.8) is 0 Å². The van der Waals surface area contributed by atoms with Crippen molar-refractivity contribution in [2.24, 2.45) is 5.92 Å². The summed E-state index contributed by atoms with van der Waals surface area (Å²) < 4.78 is 6.04. The van der Waals surface area contributed by atoms with Crippen LogP contribution >= 0.6 is 11.3 Å². The van der Waals surface area contributed by atoms with Gasteiger partial charge in [-0.3, -0.25) is 4.79 Å². The molecule has 0 radical (unpaired) electrons. The second-order valence-corrected chi connectivity index (χ2v) is 6.01. The fourth-order valence-corrected chi connectivity index (χ4v) is 2.61. The summed E-state index contributed by atoms with van der Waals surface area (Å²) in [6.07, 6.45) is 0. The molecule has 0 saturated heterocycles. The van der Waals surface area contributed by atoms with Crippen molar-refractivity contribution in [1.82, 2.24) is 5.32 Å². The Hall–Kier alpha value is -1.88. The molecule has 0 aliphatic heterocycles. The molecule has 0 fully saturated rings. The highest BCUT2D eigenvalue weighted by molar-refractivity contribution is 7.20. The average molecular weight is 291 g/mol. The molecule has 0 unspecified atom stereocenters. The summed E-state index contributed by atoms with van der Waals surface area (Å²) in [5.41, 5.74) is 0. The molecular weight excluding hydrogens is 274 g/mol. The van der Waals surface area contributed by atoms with Crippen LogP contribution in [0.5, 0.6) is 0 Å². The normalized spacial score (nSPS) is 10.8. The fraction of sp³-hybridized carbons (Fsp3) is 0.333. The summed E-state index contributed by atoms with van der Waals surface area (Å²) in [5, 5.41) is 3.71. The van der Waals surface area contributed by atoms with Gasteiger partial charge in [0.05, 0.1) is 0 Å². The first-order chi connectivity index (χ1) is 9.56. The standard InChI is InChI=1S/C15H17NO3S/c1-10(2)8-16-14(17)9-19-15(18)13-7-11-5-3-4-6-12(11)20-13/h3-7,10H,8-9H2,1-2H3,(H,16,17). The van der Waals surface area contributed by atoms with Gasteiger partial charge in [-0.1, -0.05) is 32.0 Å². The zero-order chi connectivity index (χ0) is 14.5. The van der Waals surface area contributed by atoms with Gasteiger partial charge in [0.2, 0.25) is 0 Å². The number of amides is 1. The van der Waals surface area contributed by atoms with Gasteiger partial charge in [-0.05, 0) is 23.4 Å². The first-order valence-corrected chi connectivity index (χ1v) is 7.30. The number of ether oxygens (including phenoxy) is 1. The van der Waals surface area contributed by atoms with Crippen LogP contribution in [0.25, 0.3) is 10.1 Å². The molecule has 1 N–H and O–H groups in total. The number of carbonyl (C=O) groups excluding carboxylic acids is 2. The Morgan fingerprint density at radius 3 is 2.75 bits per heavy atom. The van der Waals surface area contributed by atoms with Gasteiger partial charge in [-0.2, -0.15) is 0 Å². The molecule has 106 valence electrons. The Morgan fingerprint density at radius 1 is 1.30 bits per heavy atom. The third-order valence-corrected chi connectivity index (χ3v) is 3.76. The third kappa shape index (κ3) is 3.81. The van der Waals surface area contributed by atoms with Crippen LogP contribution in [0.1, 0.15) is 23.5 Å². The van der Waals surface area contributed by atoms with Crippen molar-refractivity contribution in [2.75, 3.05) is 13.2 Å². The molecule has 0 aliphatic rings. The Bertz CT molecular complexity index is 585. The highest BCUT2D eigenvalue weighted by Crippen LogP contribution is 2.25. The van der Waals surface area contributed by atoms with Crippen molar-refractivity contribution in [3.05, 3.63) is 35.2 Å². The monoisotopic (exact) mass is 291 g/mol. The van der Waals surface area contributed by atoms with Gasteiger partial charge in [0.15, 0.2) is 6.61 Å². The van der Waals surface area contributed by atoms with Crippen LogP contribution in [0.3, 0.4) is 0 Å². The van der Waals surface area contributed by atoms with Crippen LogP contribution in [0.15, 0.2) is 30.3 Å². The quantitative estimate of drug-likeness (QED) is 0.862. The van der Waals surface area contributed by atoms with Crippen molar-refractivity contribution >= 4 is 33.3 Å². The first-order valence-electron chi connectivity index (χ1n) is 6.48. The number of hydrogen-bond acceptors (Lipinski definition) is 4. The zero-order valence-electron chi connectivity index (χ0n) is 11.5. The second-order valence-electron chi connectivity index (χ2n) is 4.92. The number of rotatable bonds is 5. The number of benzene rings is 1. The molecule has 0 aliphatic carbocycles. The maximum absolute atomic E-state index is 11.9. The minimum Gasteiger partial charge on any atom is -0.451 e. The van der Waals surface area contributed by atoms with E-state index in [1.54, 1.807) is 6.07 Å². The molecule has 20 heavy (non-hydrogen) atoms. The Kier molecular flexibility index (Phi) is 4.74. The summed E-state index contributed by atoms with van der Waals surface area (Å²) in [6, 6.07) is 9.52. The molecule has 0 atom stereocenters. The predicted octanol–water partition coefficient (Wildman–Crippen LogP) is 2.83. The van der Waals surface area contributed by atoms with Gasteiger partial charge in [0, 0.05) is 11.2 Å². The van der Waals surface area contributed by atoms with E-state index in [0.717, 1.165) is 10.1 Å². The average Bonchev–Trinajstić information content (AvgIpc) is 2.86. The van der Waals surface area contributed by atoms with Crippen molar-refractivity contribution < 1.29 is 14.3 Å². The highest BCUT2D eigenvalue weighted by Gasteiger charge is 2.13. The van der Waals surface area contributed by atoms with Crippen LogP contribution in [0.2, 0.25) is 0 Å². The summed E-state index contributed by atoms with van der Waals surface area (Å²) in [5.74, 6) is -0.351. The number of carbonyl (C=O) groups is 2. The molecule has 0 saturated carbocycles. The molecular formula is C15H17NO3S. The lowest BCUT2D eigenvalue weighted by Gasteiger charge is -2.07. The molecule has 1 aromatic carbocycles. The molecule has 1 amide bonds. The number of esters is 1. The molecule has 2 rings (SSSR count). The summed E-state index contributed by atoms with van der Waals surface area (Å²) in [6.45, 7) is 4.35. The summed E-state index contributed by atoms with van der Waals surface area (Å²) in [4.78, 5) is 23.9. The Labute approximate surface area is 121 Å². The first kappa shape index (κ1) is 14.5. The van der Waals surface area contributed by atoms with Crippen LogP contribution in [0.4, 0.5) is 0 Å². The zero-order valence-corrected chi connectivity index (χ0v) is 12.3. The van der Waals surface area contributed by atoms with E-state index in [1.807, 2.05) is 38.1 Å². The van der Waals surface area contributed by atoms with Crippen LogP contribution in [0, 0.1) is 5.92 Å². The van der Waals surface area contributed by atoms with Gasteiger partial charge < -0.3 is 10.1 Å². The largest absolute Gasteiger partial charge is 0.451 e. The molecule has 0 spiro atoms. The lowest BCUT2D eigenvalue weighted by Crippen LogP contribution is -2.31. The van der Waals surface area contributed by atoms with Gasteiger partial charge >= 0.3 is 5.97 Å². The number of thiophene rings is 1. The minimum absolute atomic E-state index is 0.236. The van der Waals surface area contributed by atoms with Crippen molar-refractivity contribution in [1.29, 1.82) is 0 Å². The lowest BCUT2D eigenvalue weighted by molar-refractivity contribution is -0.124. The molecule has 1 aromatic heterocycles. The van der Waals surface area contributed by atoms with E-state index in [4.69, 9.17) is 4.74 Å². The number of fused-ring (bicyclic) bond motifs is 1. The van der Waals surface area contributed by atoms with Gasteiger partial charge in [0.1, 0.15) is 4.88 Å². The van der Waals surface area contributed by atoms with Crippen molar-refractivity contribution in [2.45, 2.75) is 13.8 Å². The SMILES string of the molecule is CC(C)CNC(=O)COC(=O)c1cc2ccccc2s1. The minimum atomic E-state index is -0.453. The number of nitrogens with one attached hydrogen (secondary N) is 1.